The quantitative estimate of drug-likeness (QED) is 0.824. The molecule has 0 amide bonds. The van der Waals surface area contributed by atoms with Gasteiger partial charge in [0.15, 0.2) is 0 Å². The van der Waals surface area contributed by atoms with Gasteiger partial charge in [-0.1, -0.05) is 13.3 Å². The van der Waals surface area contributed by atoms with E-state index in [2.05, 4.69) is 30.3 Å². The van der Waals surface area contributed by atoms with Gasteiger partial charge in [0.25, 0.3) is 0 Å². The van der Waals surface area contributed by atoms with Crippen molar-refractivity contribution in [2.45, 2.75) is 51.5 Å². The summed E-state index contributed by atoms with van der Waals surface area (Å²) in [6.07, 6.45) is 12.0. The van der Waals surface area contributed by atoms with Gasteiger partial charge in [0.2, 0.25) is 0 Å². The van der Waals surface area contributed by atoms with Crippen LogP contribution >= 0.6 is 0 Å². The van der Waals surface area contributed by atoms with Crippen LogP contribution in [0.15, 0.2) is 18.5 Å². The molecule has 2 bridgehead atoms. The first kappa shape index (κ1) is 14.8. The molecule has 116 valence electrons. The van der Waals surface area contributed by atoms with Crippen LogP contribution < -0.4 is 10.1 Å². The first-order valence-corrected chi connectivity index (χ1v) is 8.55. The van der Waals surface area contributed by atoms with Crippen LogP contribution in [0, 0.1) is 17.8 Å². The van der Waals surface area contributed by atoms with E-state index in [4.69, 9.17) is 4.74 Å². The van der Waals surface area contributed by atoms with Crippen LogP contribution in [-0.4, -0.2) is 18.6 Å². The SMILES string of the molecule is CCCOc1cncc(C(CC2CC3CCC2C3)NC)c1. The topological polar surface area (TPSA) is 34.1 Å². The van der Waals surface area contributed by atoms with Crippen molar-refractivity contribution in [2.75, 3.05) is 13.7 Å². The van der Waals surface area contributed by atoms with Crippen LogP contribution in [-0.2, 0) is 0 Å². The summed E-state index contributed by atoms with van der Waals surface area (Å²) >= 11 is 0. The molecule has 2 aliphatic rings. The van der Waals surface area contributed by atoms with E-state index in [1.54, 1.807) is 0 Å². The minimum Gasteiger partial charge on any atom is -0.492 e. The molecule has 3 rings (SSSR count). The summed E-state index contributed by atoms with van der Waals surface area (Å²) in [6.45, 7) is 2.89. The number of nitrogens with one attached hydrogen (secondary N) is 1. The Labute approximate surface area is 128 Å². The van der Waals surface area contributed by atoms with Gasteiger partial charge in [0.05, 0.1) is 12.8 Å². The van der Waals surface area contributed by atoms with Crippen molar-refractivity contribution in [1.29, 1.82) is 0 Å². The smallest absolute Gasteiger partial charge is 0.137 e. The highest BCUT2D eigenvalue weighted by Crippen LogP contribution is 2.50. The molecular weight excluding hydrogens is 260 g/mol. The van der Waals surface area contributed by atoms with Crippen molar-refractivity contribution in [3.63, 3.8) is 0 Å². The molecule has 1 heterocycles. The van der Waals surface area contributed by atoms with Crippen molar-refractivity contribution in [1.82, 2.24) is 10.3 Å². The Balaban J connectivity index is 1.65. The number of rotatable bonds is 7. The lowest BCUT2D eigenvalue weighted by Crippen LogP contribution is -2.22. The summed E-state index contributed by atoms with van der Waals surface area (Å²) in [5.41, 5.74) is 1.27. The Bertz CT molecular complexity index is 462. The number of hydrogen-bond acceptors (Lipinski definition) is 3. The Morgan fingerprint density at radius 1 is 1.33 bits per heavy atom. The zero-order valence-corrected chi connectivity index (χ0v) is 13.3. The Morgan fingerprint density at radius 3 is 2.90 bits per heavy atom. The van der Waals surface area contributed by atoms with E-state index in [0.29, 0.717) is 6.04 Å². The lowest BCUT2D eigenvalue weighted by Gasteiger charge is -2.26. The second-order valence-corrected chi connectivity index (χ2v) is 6.81. The summed E-state index contributed by atoms with van der Waals surface area (Å²) in [7, 11) is 2.07. The molecule has 21 heavy (non-hydrogen) atoms. The number of nitrogens with zero attached hydrogens (tertiary/aromatic N) is 1. The van der Waals surface area contributed by atoms with Crippen LogP contribution in [0.5, 0.6) is 5.75 Å². The second kappa shape index (κ2) is 6.78. The van der Waals surface area contributed by atoms with E-state index in [-0.39, 0.29) is 0 Å². The fourth-order valence-corrected chi connectivity index (χ4v) is 4.31. The maximum atomic E-state index is 5.72. The normalized spacial score (nSPS) is 28.8. The average molecular weight is 288 g/mol. The van der Waals surface area contributed by atoms with Crippen molar-refractivity contribution >= 4 is 0 Å². The molecule has 0 saturated heterocycles. The highest BCUT2D eigenvalue weighted by atomic mass is 16.5. The van der Waals surface area contributed by atoms with E-state index in [0.717, 1.165) is 36.5 Å². The number of ether oxygens (including phenoxy) is 1. The fraction of sp³-hybridized carbons (Fsp3) is 0.722. The van der Waals surface area contributed by atoms with Gasteiger partial charge in [-0.15, -0.1) is 0 Å². The van der Waals surface area contributed by atoms with Crippen LogP contribution in [0.1, 0.15) is 57.1 Å². The van der Waals surface area contributed by atoms with Crippen molar-refractivity contribution in [3.05, 3.63) is 24.0 Å². The molecule has 3 heteroatoms. The minimum absolute atomic E-state index is 0.409. The van der Waals surface area contributed by atoms with E-state index in [9.17, 15) is 0 Å². The zero-order valence-electron chi connectivity index (χ0n) is 13.3. The first-order valence-electron chi connectivity index (χ1n) is 8.55. The second-order valence-electron chi connectivity index (χ2n) is 6.81. The summed E-state index contributed by atoms with van der Waals surface area (Å²) < 4.78 is 5.72. The minimum atomic E-state index is 0.409. The molecule has 4 atom stereocenters. The third-order valence-corrected chi connectivity index (χ3v) is 5.38. The van der Waals surface area contributed by atoms with Crippen LogP contribution in [0.3, 0.4) is 0 Å². The molecule has 3 nitrogen and oxygen atoms in total. The van der Waals surface area contributed by atoms with Gasteiger partial charge in [-0.25, -0.2) is 0 Å². The molecule has 2 aliphatic carbocycles. The fourth-order valence-electron chi connectivity index (χ4n) is 4.31. The standard InChI is InChI=1S/C18H28N2O/c1-3-6-21-17-9-16(11-20-12-17)18(19-2)10-15-8-13-4-5-14(15)7-13/h9,11-15,18-19H,3-8,10H2,1-2H3. The molecule has 2 fully saturated rings. The molecule has 0 aliphatic heterocycles. The summed E-state index contributed by atoms with van der Waals surface area (Å²) in [6, 6.07) is 2.57. The summed E-state index contributed by atoms with van der Waals surface area (Å²) in [4.78, 5) is 4.36. The van der Waals surface area contributed by atoms with Gasteiger partial charge in [0, 0.05) is 12.2 Å². The predicted molar refractivity (Wildman–Crippen MR) is 85.4 cm³/mol. The summed E-state index contributed by atoms with van der Waals surface area (Å²) in [5, 5.41) is 3.49. The lowest BCUT2D eigenvalue weighted by molar-refractivity contribution is 0.282. The van der Waals surface area contributed by atoms with E-state index in [1.807, 2.05) is 12.4 Å². The Morgan fingerprint density at radius 2 is 2.24 bits per heavy atom. The van der Waals surface area contributed by atoms with Gasteiger partial charge in [-0.2, -0.15) is 0 Å². The molecule has 1 N–H and O–H groups in total. The van der Waals surface area contributed by atoms with Crippen LogP contribution in [0.2, 0.25) is 0 Å². The van der Waals surface area contributed by atoms with E-state index >= 15 is 0 Å². The molecule has 2 saturated carbocycles. The predicted octanol–water partition coefficient (Wildman–Crippen LogP) is 3.96. The maximum Gasteiger partial charge on any atom is 0.137 e. The molecule has 4 unspecified atom stereocenters. The third kappa shape index (κ3) is 3.39. The number of aromatic nitrogens is 1. The highest BCUT2D eigenvalue weighted by Gasteiger charge is 2.40. The lowest BCUT2D eigenvalue weighted by atomic mass is 9.83. The monoisotopic (exact) mass is 288 g/mol. The largest absolute Gasteiger partial charge is 0.492 e. The van der Waals surface area contributed by atoms with Gasteiger partial charge >= 0.3 is 0 Å². The van der Waals surface area contributed by atoms with Gasteiger partial charge < -0.3 is 10.1 Å². The van der Waals surface area contributed by atoms with Gasteiger partial charge in [0.1, 0.15) is 5.75 Å². The Kier molecular flexibility index (Phi) is 4.79. The van der Waals surface area contributed by atoms with Gasteiger partial charge in [-0.05, 0) is 68.5 Å². The molecule has 0 spiro atoms. The molecule has 0 aromatic carbocycles. The average Bonchev–Trinajstić information content (AvgIpc) is 3.13. The number of fused-ring (bicyclic) bond motifs is 2. The van der Waals surface area contributed by atoms with Crippen LogP contribution in [0.4, 0.5) is 0 Å². The maximum absolute atomic E-state index is 5.72. The highest BCUT2D eigenvalue weighted by molar-refractivity contribution is 5.26. The van der Waals surface area contributed by atoms with Crippen molar-refractivity contribution in [2.24, 2.45) is 17.8 Å². The van der Waals surface area contributed by atoms with E-state index < -0.39 is 0 Å². The third-order valence-electron chi connectivity index (χ3n) is 5.38. The van der Waals surface area contributed by atoms with Crippen molar-refractivity contribution in [3.8, 4) is 5.75 Å². The van der Waals surface area contributed by atoms with Crippen molar-refractivity contribution < 1.29 is 4.74 Å². The first-order chi connectivity index (χ1) is 10.3. The molecule has 1 aromatic rings. The van der Waals surface area contributed by atoms with Crippen LogP contribution in [0.25, 0.3) is 0 Å². The van der Waals surface area contributed by atoms with E-state index in [1.165, 1.54) is 37.7 Å². The number of pyridine rings is 1. The molecular formula is C18H28N2O. The Hall–Kier alpha value is -1.09. The van der Waals surface area contributed by atoms with Gasteiger partial charge in [-0.3, -0.25) is 4.98 Å². The summed E-state index contributed by atoms with van der Waals surface area (Å²) in [5.74, 6) is 3.82. The molecule has 0 radical (unpaired) electrons. The zero-order chi connectivity index (χ0) is 14.7. The number of hydrogen-bond donors (Lipinski definition) is 1. The molecule has 1 aromatic heterocycles.